The van der Waals surface area contributed by atoms with Crippen molar-refractivity contribution in [3.8, 4) is 0 Å². The third-order valence-electron chi connectivity index (χ3n) is 6.00. The van der Waals surface area contributed by atoms with Gasteiger partial charge < -0.3 is 10.2 Å². The summed E-state index contributed by atoms with van der Waals surface area (Å²) in [5.41, 5.74) is 0. The molecule has 0 fully saturated rings. The SMILES string of the molecule is CC[C@@H](C)[C@@H](CO)NS(=O)(=O)c1ccc(Br)cc1.CC[C@H](C)[C@@H](CO)NS(=O)(=O)c1cccc(Cl)c1Cl. The largest absolute Gasteiger partial charge is 0.395 e. The molecule has 4 atom stereocenters. The van der Waals surface area contributed by atoms with Gasteiger partial charge in [-0.25, -0.2) is 26.3 Å². The van der Waals surface area contributed by atoms with E-state index in [9.17, 15) is 27.0 Å². The molecule has 0 aliphatic rings. The molecule has 0 aliphatic carbocycles. The van der Waals surface area contributed by atoms with Crippen molar-refractivity contribution in [2.45, 2.75) is 62.4 Å². The van der Waals surface area contributed by atoms with Gasteiger partial charge in [-0.1, -0.05) is 85.7 Å². The minimum Gasteiger partial charge on any atom is -0.395 e. The van der Waals surface area contributed by atoms with Crippen LogP contribution in [-0.4, -0.2) is 52.3 Å². The minimum absolute atomic E-state index is 0.0118. The van der Waals surface area contributed by atoms with Gasteiger partial charge in [0.05, 0.1) is 28.2 Å². The first-order chi connectivity index (χ1) is 17.2. The van der Waals surface area contributed by atoms with Crippen LogP contribution in [0.15, 0.2) is 56.7 Å². The Morgan fingerprint density at radius 1 is 0.811 bits per heavy atom. The van der Waals surface area contributed by atoms with Crippen molar-refractivity contribution in [1.82, 2.24) is 9.44 Å². The van der Waals surface area contributed by atoms with Crippen LogP contribution in [-0.2, 0) is 20.0 Å². The number of aliphatic hydroxyl groups excluding tert-OH is 2. The Labute approximate surface area is 239 Å². The normalized spacial score (nSPS) is 15.3. The van der Waals surface area contributed by atoms with Crippen LogP contribution in [0, 0.1) is 11.8 Å². The van der Waals surface area contributed by atoms with E-state index in [1.54, 1.807) is 12.1 Å². The smallest absolute Gasteiger partial charge is 0.242 e. The molecule has 8 nitrogen and oxygen atoms in total. The van der Waals surface area contributed by atoms with Crippen LogP contribution in [0.25, 0.3) is 0 Å². The van der Waals surface area contributed by atoms with E-state index in [2.05, 4.69) is 25.4 Å². The van der Waals surface area contributed by atoms with Crippen molar-refractivity contribution in [2.75, 3.05) is 13.2 Å². The Balaban J connectivity index is 0.000000371. The zero-order valence-electron chi connectivity index (χ0n) is 21.2. The van der Waals surface area contributed by atoms with Crippen LogP contribution in [0.3, 0.4) is 0 Å². The number of benzene rings is 2. The highest BCUT2D eigenvalue weighted by Gasteiger charge is 2.26. The molecule has 0 saturated carbocycles. The molecule has 0 saturated heterocycles. The number of hydrogen-bond donors (Lipinski definition) is 4. The van der Waals surface area contributed by atoms with Crippen LogP contribution in [0.2, 0.25) is 10.0 Å². The Bertz CT molecular complexity index is 1200. The number of nitrogens with one attached hydrogen (secondary N) is 2. The number of halogens is 3. The maximum atomic E-state index is 12.2. The number of aliphatic hydroxyl groups is 2. The van der Waals surface area contributed by atoms with E-state index in [1.807, 2.05) is 27.7 Å². The summed E-state index contributed by atoms with van der Waals surface area (Å²) in [6.45, 7) is 7.18. The quantitative estimate of drug-likeness (QED) is 0.258. The van der Waals surface area contributed by atoms with Crippen LogP contribution >= 0.6 is 39.1 Å². The second-order valence-electron chi connectivity index (χ2n) is 8.60. The molecule has 0 radical (unpaired) electrons. The number of rotatable bonds is 12. The van der Waals surface area contributed by atoms with E-state index in [0.717, 1.165) is 17.3 Å². The molecule has 0 heterocycles. The zero-order valence-corrected chi connectivity index (χ0v) is 25.9. The lowest BCUT2D eigenvalue weighted by molar-refractivity contribution is 0.219. The van der Waals surface area contributed by atoms with Crippen LogP contribution in [0.1, 0.15) is 40.5 Å². The molecule has 37 heavy (non-hydrogen) atoms. The zero-order chi connectivity index (χ0) is 28.4. The van der Waals surface area contributed by atoms with Gasteiger partial charge in [-0.15, -0.1) is 0 Å². The van der Waals surface area contributed by atoms with Gasteiger partial charge in [-0.05, 0) is 48.2 Å². The van der Waals surface area contributed by atoms with E-state index in [-0.39, 0.29) is 44.9 Å². The molecule has 2 rings (SSSR count). The lowest BCUT2D eigenvalue weighted by Crippen LogP contribution is -2.41. The summed E-state index contributed by atoms with van der Waals surface area (Å²) in [4.78, 5) is 0.121. The summed E-state index contributed by atoms with van der Waals surface area (Å²) in [7, 11) is -7.38. The van der Waals surface area contributed by atoms with Gasteiger partial charge in [0, 0.05) is 16.6 Å². The maximum Gasteiger partial charge on any atom is 0.242 e. The second kappa shape index (κ2) is 15.7. The molecule has 0 bridgehead atoms. The van der Waals surface area contributed by atoms with Gasteiger partial charge in [0.1, 0.15) is 4.90 Å². The molecule has 4 N–H and O–H groups in total. The third kappa shape index (κ3) is 10.4. The summed E-state index contributed by atoms with van der Waals surface area (Å²) >= 11 is 15.0. The summed E-state index contributed by atoms with van der Waals surface area (Å²) in [5.74, 6) is 0.0953. The molecule has 0 unspecified atom stereocenters. The molecule has 0 spiro atoms. The fraction of sp³-hybridized carbons (Fsp3) is 0.500. The molecule has 0 aromatic heterocycles. The standard InChI is InChI=1S/C12H18BrNO3S.C12H17Cl2NO3S/c1-3-9(2)12(8-15)14-18(16,17)11-6-4-10(13)5-7-11;1-3-8(2)10(7-16)15-19(17,18)11-6-4-5-9(13)12(11)14/h4-7,9,12,14-15H,3,8H2,1-2H3;4-6,8,10,15-16H,3,7H2,1-2H3/t9-,12-;8-,10+/m10/s1. The van der Waals surface area contributed by atoms with Gasteiger partial charge in [0.2, 0.25) is 20.0 Å². The Kier molecular flexibility index (Phi) is 14.6. The average molecular weight is 662 g/mol. The highest BCUT2D eigenvalue weighted by molar-refractivity contribution is 9.10. The van der Waals surface area contributed by atoms with Gasteiger partial charge in [0.15, 0.2) is 0 Å². The molecule has 2 aromatic rings. The van der Waals surface area contributed by atoms with Gasteiger partial charge in [0.25, 0.3) is 0 Å². The van der Waals surface area contributed by atoms with Crippen molar-refractivity contribution in [3.63, 3.8) is 0 Å². The molecule has 210 valence electrons. The molecule has 0 aliphatic heterocycles. The number of hydrogen-bond acceptors (Lipinski definition) is 6. The van der Waals surface area contributed by atoms with Crippen molar-refractivity contribution in [3.05, 3.63) is 57.0 Å². The lowest BCUT2D eigenvalue weighted by atomic mass is 10.0. The highest BCUT2D eigenvalue weighted by atomic mass is 79.9. The third-order valence-corrected chi connectivity index (χ3v) is 10.5. The number of sulfonamides is 2. The van der Waals surface area contributed by atoms with E-state index < -0.39 is 32.1 Å². The van der Waals surface area contributed by atoms with Crippen molar-refractivity contribution in [1.29, 1.82) is 0 Å². The summed E-state index contributed by atoms with van der Waals surface area (Å²) in [6.07, 6.45) is 1.55. The molecular formula is C24H35BrCl2N2O6S2. The summed E-state index contributed by atoms with van der Waals surface area (Å²) in [5, 5.41) is 18.7. The predicted octanol–water partition coefficient (Wildman–Crippen LogP) is 4.81. The highest BCUT2D eigenvalue weighted by Crippen LogP contribution is 2.29. The lowest BCUT2D eigenvalue weighted by Gasteiger charge is -2.22. The summed E-state index contributed by atoms with van der Waals surface area (Å²) in [6, 6.07) is 9.79. The molecule has 0 amide bonds. The predicted molar refractivity (Wildman–Crippen MR) is 152 cm³/mol. The second-order valence-corrected chi connectivity index (χ2v) is 13.7. The average Bonchev–Trinajstić information content (AvgIpc) is 2.87. The van der Waals surface area contributed by atoms with Gasteiger partial charge in [-0.2, -0.15) is 0 Å². The Hall–Kier alpha value is -0.760. The molecule has 2 aromatic carbocycles. The Morgan fingerprint density at radius 2 is 1.27 bits per heavy atom. The van der Waals surface area contributed by atoms with Crippen LogP contribution in [0.5, 0.6) is 0 Å². The topological polar surface area (TPSA) is 133 Å². The monoisotopic (exact) mass is 660 g/mol. The molecule has 13 heteroatoms. The van der Waals surface area contributed by atoms with Crippen LogP contribution in [0.4, 0.5) is 0 Å². The first kappa shape index (κ1) is 34.3. The van der Waals surface area contributed by atoms with E-state index in [1.165, 1.54) is 30.3 Å². The van der Waals surface area contributed by atoms with Crippen molar-refractivity contribution >= 4 is 59.2 Å². The van der Waals surface area contributed by atoms with Crippen LogP contribution < -0.4 is 9.44 Å². The van der Waals surface area contributed by atoms with Gasteiger partial charge in [-0.3, -0.25) is 0 Å². The van der Waals surface area contributed by atoms with E-state index >= 15 is 0 Å². The first-order valence-electron chi connectivity index (χ1n) is 11.7. The maximum absolute atomic E-state index is 12.2. The van der Waals surface area contributed by atoms with Crippen molar-refractivity contribution in [2.24, 2.45) is 11.8 Å². The van der Waals surface area contributed by atoms with Gasteiger partial charge >= 0.3 is 0 Å². The summed E-state index contributed by atoms with van der Waals surface area (Å²) < 4.78 is 54.5. The van der Waals surface area contributed by atoms with E-state index in [4.69, 9.17) is 23.2 Å². The Morgan fingerprint density at radius 3 is 1.70 bits per heavy atom. The fourth-order valence-electron chi connectivity index (χ4n) is 3.07. The minimum atomic E-state index is -3.81. The van der Waals surface area contributed by atoms with E-state index in [0.29, 0.717) is 0 Å². The van der Waals surface area contributed by atoms with Crippen molar-refractivity contribution < 1.29 is 27.0 Å². The molecular weight excluding hydrogens is 627 g/mol. The fourth-order valence-corrected chi connectivity index (χ4v) is 6.77. The first-order valence-corrected chi connectivity index (χ1v) is 16.2.